The van der Waals surface area contributed by atoms with Crippen molar-refractivity contribution >= 4 is 29.1 Å². The largest absolute Gasteiger partial charge is 0.392 e. The molecule has 4 N–H and O–H groups in total. The van der Waals surface area contributed by atoms with Gasteiger partial charge in [0, 0.05) is 11.3 Å². The fourth-order valence-corrected chi connectivity index (χ4v) is 4.48. The third-order valence-corrected chi connectivity index (χ3v) is 7.20. The fraction of sp³-hybridized carbons (Fsp3) is 0.654. The van der Waals surface area contributed by atoms with Crippen LogP contribution in [0.3, 0.4) is 0 Å². The molecule has 0 saturated carbocycles. The second-order valence-electron chi connectivity index (χ2n) is 9.96. The molecule has 0 aromatic carbocycles. The van der Waals surface area contributed by atoms with E-state index >= 15 is 0 Å². The Morgan fingerprint density at radius 2 is 1.85 bits per heavy atom. The second kappa shape index (κ2) is 13.2. The zero-order valence-corrected chi connectivity index (χ0v) is 22.0. The first-order valence-electron chi connectivity index (χ1n) is 11.7. The van der Waals surface area contributed by atoms with Crippen LogP contribution in [0.4, 0.5) is 0 Å². The van der Waals surface area contributed by atoms with Gasteiger partial charge in [0.05, 0.1) is 34.7 Å². The van der Waals surface area contributed by atoms with E-state index in [1.165, 1.54) is 11.1 Å². The topological polar surface area (TPSA) is 114 Å². The predicted molar refractivity (Wildman–Crippen MR) is 136 cm³/mol. The maximum absolute atomic E-state index is 12.9. The number of hydrogen-bond acceptors (Lipinski definition) is 6. The lowest BCUT2D eigenvalue weighted by atomic mass is 9.73. The molecule has 0 aliphatic carbocycles. The summed E-state index contributed by atoms with van der Waals surface area (Å²) >= 11 is 1.65. The smallest absolute Gasteiger partial charge is 0.220 e. The summed E-state index contributed by atoms with van der Waals surface area (Å²) in [4.78, 5) is 28.5. The van der Waals surface area contributed by atoms with Crippen LogP contribution < -0.4 is 5.73 Å². The van der Waals surface area contributed by atoms with E-state index < -0.39 is 29.4 Å². The van der Waals surface area contributed by atoms with Crippen molar-refractivity contribution in [2.75, 3.05) is 0 Å². The van der Waals surface area contributed by atoms with Gasteiger partial charge in [-0.2, -0.15) is 0 Å². The summed E-state index contributed by atoms with van der Waals surface area (Å²) in [7, 11) is 0. The van der Waals surface area contributed by atoms with Gasteiger partial charge in [-0.05, 0) is 58.4 Å². The molecule has 0 radical (unpaired) electrons. The molecule has 0 fully saturated rings. The van der Waals surface area contributed by atoms with Gasteiger partial charge in [0.2, 0.25) is 5.91 Å². The number of aryl methyl sites for hydroxylation is 1. The highest BCUT2D eigenvalue weighted by Crippen LogP contribution is 2.31. The Balaban J connectivity index is 2.53. The average Bonchev–Trinajstić information content (AvgIpc) is 3.14. The molecule has 7 heteroatoms. The van der Waals surface area contributed by atoms with Crippen molar-refractivity contribution in [1.82, 2.24) is 4.98 Å². The quantitative estimate of drug-likeness (QED) is 0.332. The number of allylic oxidation sites excluding steroid dienone is 3. The van der Waals surface area contributed by atoms with Gasteiger partial charge in [0.25, 0.3) is 0 Å². The van der Waals surface area contributed by atoms with Crippen LogP contribution in [0.15, 0.2) is 22.6 Å². The summed E-state index contributed by atoms with van der Waals surface area (Å²) < 4.78 is 0. The number of rotatable bonds is 14. The van der Waals surface area contributed by atoms with Crippen molar-refractivity contribution in [3.8, 4) is 0 Å². The van der Waals surface area contributed by atoms with Crippen molar-refractivity contribution in [2.24, 2.45) is 23.0 Å². The van der Waals surface area contributed by atoms with Gasteiger partial charge in [-0.1, -0.05) is 44.9 Å². The summed E-state index contributed by atoms with van der Waals surface area (Å²) in [5, 5.41) is 24.1. The van der Waals surface area contributed by atoms with E-state index in [2.05, 4.69) is 36.4 Å². The van der Waals surface area contributed by atoms with E-state index in [0.29, 0.717) is 0 Å². The van der Waals surface area contributed by atoms with Crippen molar-refractivity contribution < 1.29 is 19.8 Å². The van der Waals surface area contributed by atoms with Gasteiger partial charge in [-0.3, -0.25) is 9.59 Å². The molecule has 1 amide bonds. The molecule has 6 nitrogen and oxygen atoms in total. The Kier molecular flexibility index (Phi) is 11.6. The third kappa shape index (κ3) is 9.51. The number of ketones is 1. The van der Waals surface area contributed by atoms with Gasteiger partial charge in [-0.15, -0.1) is 11.3 Å². The summed E-state index contributed by atoms with van der Waals surface area (Å²) in [5.41, 5.74) is 7.58. The lowest BCUT2D eigenvalue weighted by molar-refractivity contribution is -0.142. The third-order valence-electron chi connectivity index (χ3n) is 6.41. The molecule has 1 rings (SSSR count). The Morgan fingerprint density at radius 3 is 2.39 bits per heavy atom. The first-order chi connectivity index (χ1) is 15.2. The van der Waals surface area contributed by atoms with E-state index in [0.717, 1.165) is 36.4 Å². The van der Waals surface area contributed by atoms with Crippen molar-refractivity contribution in [3.63, 3.8) is 0 Å². The first-order valence-corrected chi connectivity index (χ1v) is 12.6. The van der Waals surface area contributed by atoms with Crippen LogP contribution >= 0.6 is 11.3 Å². The zero-order chi connectivity index (χ0) is 25.3. The number of thiazole rings is 1. The van der Waals surface area contributed by atoms with Crippen LogP contribution in [0.2, 0.25) is 0 Å². The number of hydrogen-bond donors (Lipinski definition) is 3. The molecule has 4 unspecified atom stereocenters. The lowest BCUT2D eigenvalue weighted by Crippen LogP contribution is -2.46. The van der Waals surface area contributed by atoms with E-state index in [1.54, 1.807) is 32.1 Å². The molecule has 4 atom stereocenters. The van der Waals surface area contributed by atoms with Crippen molar-refractivity contribution in [2.45, 2.75) is 92.8 Å². The van der Waals surface area contributed by atoms with Crippen LogP contribution in [-0.4, -0.2) is 39.1 Å². The minimum absolute atomic E-state index is 0.0598. The van der Waals surface area contributed by atoms with Crippen molar-refractivity contribution in [1.29, 1.82) is 0 Å². The standard InChI is InChI=1S/C26H42N2O4S/c1-16(11-12-17(2)13-21-15-33-20(5)28-21)9-8-10-18(3)24(31)19(4)25(32)26(6,7)22(29)14-23(27)30/h11,13,15,18-19,22,24,29,31H,8-10,12,14H2,1-7H3,(H2,27,30)/b16-11-,17-13+. The number of carbonyl (C=O) groups excluding carboxylic acids is 2. The number of carbonyl (C=O) groups is 2. The summed E-state index contributed by atoms with van der Waals surface area (Å²) in [6, 6.07) is 0. The molecule has 0 spiro atoms. The molecular weight excluding hydrogens is 436 g/mol. The number of nitrogens with two attached hydrogens (primary N) is 1. The average molecular weight is 479 g/mol. The van der Waals surface area contributed by atoms with Crippen LogP contribution in [0.25, 0.3) is 6.08 Å². The van der Waals surface area contributed by atoms with Crippen molar-refractivity contribution in [3.05, 3.63) is 33.3 Å². The number of aliphatic hydroxyl groups excluding tert-OH is 2. The monoisotopic (exact) mass is 478 g/mol. The Hall–Kier alpha value is -1.83. The molecule has 0 saturated heterocycles. The molecular formula is C26H42N2O4S. The normalized spacial score (nSPS) is 16.9. The molecule has 186 valence electrons. The maximum Gasteiger partial charge on any atom is 0.220 e. The van der Waals surface area contributed by atoms with Crippen LogP contribution in [0.5, 0.6) is 0 Å². The highest BCUT2D eigenvalue weighted by molar-refractivity contribution is 7.09. The number of aromatic nitrogens is 1. The fourth-order valence-electron chi connectivity index (χ4n) is 3.91. The van der Waals surface area contributed by atoms with E-state index in [4.69, 9.17) is 5.73 Å². The van der Waals surface area contributed by atoms with Crippen LogP contribution in [0.1, 0.15) is 84.3 Å². The van der Waals surface area contributed by atoms with E-state index in [-0.39, 0.29) is 18.1 Å². The summed E-state index contributed by atoms with van der Waals surface area (Å²) in [6.45, 7) is 13.1. The molecule has 1 heterocycles. The van der Waals surface area contributed by atoms with Crippen LogP contribution in [-0.2, 0) is 9.59 Å². The SMILES string of the molecule is C/C(=C/C/C(C)=C/c1csc(C)n1)CCCC(C)C(O)C(C)C(=O)C(C)(C)C(O)CC(N)=O. The minimum atomic E-state index is -1.17. The van der Waals surface area contributed by atoms with Crippen LogP contribution in [0, 0.1) is 24.2 Å². The number of nitrogens with zero attached hydrogens (tertiary/aromatic N) is 1. The van der Waals surface area contributed by atoms with Gasteiger partial charge >= 0.3 is 0 Å². The minimum Gasteiger partial charge on any atom is -0.392 e. The molecule has 0 bridgehead atoms. The maximum atomic E-state index is 12.9. The summed E-state index contributed by atoms with van der Waals surface area (Å²) in [5.74, 6) is -1.62. The number of aliphatic hydroxyl groups is 2. The number of amides is 1. The van der Waals surface area contributed by atoms with Gasteiger partial charge in [0.1, 0.15) is 5.78 Å². The lowest BCUT2D eigenvalue weighted by Gasteiger charge is -2.34. The number of primary amides is 1. The zero-order valence-electron chi connectivity index (χ0n) is 21.2. The molecule has 0 aliphatic heterocycles. The van der Waals surface area contributed by atoms with Gasteiger partial charge in [0.15, 0.2) is 0 Å². The number of Topliss-reactive ketones (excluding diaryl/α,β-unsaturated/α-hetero) is 1. The molecule has 1 aromatic rings. The molecule has 1 aromatic heterocycles. The highest BCUT2D eigenvalue weighted by Gasteiger charge is 2.41. The van der Waals surface area contributed by atoms with Gasteiger partial charge < -0.3 is 15.9 Å². The molecule has 33 heavy (non-hydrogen) atoms. The van der Waals surface area contributed by atoms with E-state index in [1.807, 2.05) is 13.8 Å². The molecule has 0 aliphatic rings. The second-order valence-corrected chi connectivity index (χ2v) is 11.0. The summed E-state index contributed by atoms with van der Waals surface area (Å²) in [6.07, 6.45) is 5.63. The Bertz CT molecular complexity index is 856. The Morgan fingerprint density at radius 1 is 1.21 bits per heavy atom. The Labute approximate surface area is 203 Å². The predicted octanol–water partition coefficient (Wildman–Crippen LogP) is 4.83. The van der Waals surface area contributed by atoms with E-state index in [9.17, 15) is 19.8 Å². The van der Waals surface area contributed by atoms with Gasteiger partial charge in [-0.25, -0.2) is 4.98 Å². The first kappa shape index (κ1) is 29.2. The highest BCUT2D eigenvalue weighted by atomic mass is 32.1.